The average Bonchev–Trinajstić information content (AvgIpc) is 2.48. The van der Waals surface area contributed by atoms with E-state index in [9.17, 15) is 9.59 Å². The minimum absolute atomic E-state index is 0.182. The number of alkyl carbamates (subject to hydrolysis) is 1. The van der Waals surface area contributed by atoms with Gasteiger partial charge in [-0.2, -0.15) is 0 Å². The van der Waals surface area contributed by atoms with E-state index in [0.29, 0.717) is 24.2 Å². The second-order valence-corrected chi connectivity index (χ2v) is 6.08. The van der Waals surface area contributed by atoms with Gasteiger partial charge in [0.25, 0.3) is 5.91 Å². The lowest BCUT2D eigenvalue weighted by Crippen LogP contribution is -2.33. The number of benzene rings is 1. The van der Waals surface area contributed by atoms with Crippen molar-refractivity contribution in [3.63, 3.8) is 0 Å². The third kappa shape index (κ3) is 7.37. The largest absolute Gasteiger partial charge is 0.444 e. The Balaban J connectivity index is 2.22. The number of hydrogen-bond donors (Lipinski definition) is 2. The first-order chi connectivity index (χ1) is 10.8. The maximum atomic E-state index is 12.0. The summed E-state index contributed by atoms with van der Waals surface area (Å²) < 4.78 is 5.13. The zero-order chi connectivity index (χ0) is 17.3. The van der Waals surface area contributed by atoms with Crippen LogP contribution in [0.15, 0.2) is 24.3 Å². The first-order valence-electron chi connectivity index (χ1n) is 7.64. The molecule has 0 spiro atoms. The van der Waals surface area contributed by atoms with E-state index in [1.54, 1.807) is 24.3 Å². The highest BCUT2D eigenvalue weighted by molar-refractivity contribution is 5.96. The number of rotatable bonds is 6. The molecule has 0 saturated heterocycles. The number of carbonyl (C=O) groups is 2. The summed E-state index contributed by atoms with van der Waals surface area (Å²) in [6.45, 7) is 6.47. The second kappa shape index (κ2) is 8.84. The van der Waals surface area contributed by atoms with Crippen LogP contribution in [0.4, 0.5) is 4.79 Å². The molecule has 1 rings (SSSR count). The van der Waals surface area contributed by atoms with Gasteiger partial charge in [-0.3, -0.25) is 4.79 Å². The van der Waals surface area contributed by atoms with Gasteiger partial charge < -0.3 is 15.4 Å². The van der Waals surface area contributed by atoms with Crippen molar-refractivity contribution < 1.29 is 14.3 Å². The van der Waals surface area contributed by atoms with Crippen molar-refractivity contribution in [1.82, 2.24) is 10.6 Å². The van der Waals surface area contributed by atoms with E-state index < -0.39 is 11.7 Å². The summed E-state index contributed by atoms with van der Waals surface area (Å²) >= 11 is 0. The highest BCUT2D eigenvalue weighted by Gasteiger charge is 2.15. The second-order valence-electron chi connectivity index (χ2n) is 6.08. The fourth-order valence-electron chi connectivity index (χ4n) is 1.86. The minimum Gasteiger partial charge on any atom is -0.444 e. The van der Waals surface area contributed by atoms with Gasteiger partial charge in [0.15, 0.2) is 0 Å². The van der Waals surface area contributed by atoms with Gasteiger partial charge in [0.2, 0.25) is 0 Å². The third-order valence-electron chi connectivity index (χ3n) is 2.88. The Bertz CT molecular complexity index is 583. The van der Waals surface area contributed by atoms with E-state index in [1.165, 1.54) is 0 Å². The molecule has 0 aliphatic carbocycles. The van der Waals surface area contributed by atoms with Crippen LogP contribution in [0, 0.1) is 12.3 Å². The van der Waals surface area contributed by atoms with Gasteiger partial charge in [-0.15, -0.1) is 6.42 Å². The molecule has 0 unspecified atom stereocenters. The summed E-state index contributed by atoms with van der Waals surface area (Å²) in [6, 6.07) is 7.02. The normalized spacial score (nSPS) is 10.5. The Morgan fingerprint density at radius 2 is 1.74 bits per heavy atom. The van der Waals surface area contributed by atoms with Gasteiger partial charge in [0, 0.05) is 18.7 Å². The van der Waals surface area contributed by atoms with E-state index in [-0.39, 0.29) is 5.91 Å². The Hall–Kier alpha value is -2.48. The molecule has 5 nitrogen and oxygen atoms in total. The number of hydrogen-bond acceptors (Lipinski definition) is 3. The number of amides is 2. The van der Waals surface area contributed by atoms with Crippen LogP contribution in [0.3, 0.4) is 0 Å². The lowest BCUT2D eigenvalue weighted by molar-refractivity contribution is 0.0526. The van der Waals surface area contributed by atoms with Crippen molar-refractivity contribution >= 4 is 12.0 Å². The number of terminal acetylenes is 1. The molecule has 0 atom stereocenters. The molecule has 1 aromatic rings. The smallest absolute Gasteiger partial charge is 0.407 e. The molecule has 2 N–H and O–H groups in total. The Labute approximate surface area is 137 Å². The number of carbonyl (C=O) groups excluding carboxylic acids is 2. The SMILES string of the molecule is C#Cc1ccccc1C(=O)NCCCCNC(=O)OC(C)(C)C. The molecule has 0 aliphatic rings. The average molecular weight is 316 g/mol. The molecule has 23 heavy (non-hydrogen) atoms. The number of unbranched alkanes of at least 4 members (excludes halogenated alkanes) is 1. The summed E-state index contributed by atoms with van der Waals surface area (Å²) in [6.07, 6.45) is 6.44. The van der Waals surface area contributed by atoms with E-state index >= 15 is 0 Å². The van der Waals surface area contributed by atoms with Crippen molar-refractivity contribution in [2.75, 3.05) is 13.1 Å². The summed E-state index contributed by atoms with van der Waals surface area (Å²) in [5.74, 6) is 2.31. The van der Waals surface area contributed by atoms with Crippen LogP contribution in [0.5, 0.6) is 0 Å². The molecule has 0 saturated carbocycles. The standard InChI is InChI=1S/C18H24N2O3/c1-5-14-10-6-7-11-15(14)16(21)19-12-8-9-13-20-17(22)23-18(2,3)4/h1,6-7,10-11H,8-9,12-13H2,2-4H3,(H,19,21)(H,20,22). The van der Waals surface area contributed by atoms with Crippen molar-refractivity contribution in [3.8, 4) is 12.3 Å². The highest BCUT2D eigenvalue weighted by Crippen LogP contribution is 2.07. The minimum atomic E-state index is -0.498. The fraction of sp³-hybridized carbons (Fsp3) is 0.444. The molecule has 1 aromatic carbocycles. The molecular formula is C18H24N2O3. The lowest BCUT2D eigenvalue weighted by Gasteiger charge is -2.19. The predicted octanol–water partition coefficient (Wildman–Crippen LogP) is 2.70. The molecular weight excluding hydrogens is 292 g/mol. The zero-order valence-corrected chi connectivity index (χ0v) is 13.9. The summed E-state index contributed by atoms with van der Waals surface area (Å²) in [4.78, 5) is 23.5. The summed E-state index contributed by atoms with van der Waals surface area (Å²) in [5, 5.41) is 5.50. The molecule has 5 heteroatoms. The molecule has 0 aliphatic heterocycles. The van der Waals surface area contributed by atoms with Gasteiger partial charge >= 0.3 is 6.09 Å². The van der Waals surface area contributed by atoms with E-state index in [0.717, 1.165) is 12.8 Å². The van der Waals surface area contributed by atoms with E-state index in [1.807, 2.05) is 20.8 Å². The molecule has 124 valence electrons. The number of nitrogens with one attached hydrogen (secondary N) is 2. The van der Waals surface area contributed by atoms with Gasteiger partial charge in [0.05, 0.1) is 5.56 Å². The van der Waals surface area contributed by atoms with Crippen LogP contribution in [0.1, 0.15) is 49.5 Å². The van der Waals surface area contributed by atoms with E-state index in [2.05, 4.69) is 16.6 Å². The molecule has 0 radical (unpaired) electrons. The van der Waals surface area contributed by atoms with Crippen molar-refractivity contribution in [2.45, 2.75) is 39.2 Å². The van der Waals surface area contributed by atoms with Crippen molar-refractivity contribution in [2.24, 2.45) is 0 Å². The van der Waals surface area contributed by atoms with E-state index in [4.69, 9.17) is 11.2 Å². The Kier molecular flexibility index (Phi) is 7.14. The van der Waals surface area contributed by atoms with Crippen LogP contribution >= 0.6 is 0 Å². The molecule has 0 bridgehead atoms. The topological polar surface area (TPSA) is 67.4 Å². The van der Waals surface area contributed by atoms with Gasteiger partial charge in [-0.25, -0.2) is 4.79 Å². The Morgan fingerprint density at radius 1 is 1.13 bits per heavy atom. The quantitative estimate of drug-likeness (QED) is 0.626. The molecule has 0 aromatic heterocycles. The summed E-state index contributed by atoms with van der Waals surface area (Å²) in [7, 11) is 0. The van der Waals surface area contributed by atoms with Crippen LogP contribution < -0.4 is 10.6 Å². The maximum Gasteiger partial charge on any atom is 0.407 e. The predicted molar refractivity (Wildman–Crippen MR) is 90.2 cm³/mol. The van der Waals surface area contributed by atoms with Crippen LogP contribution in [-0.2, 0) is 4.74 Å². The fourth-order valence-corrected chi connectivity index (χ4v) is 1.86. The summed E-state index contributed by atoms with van der Waals surface area (Å²) in [5.41, 5.74) is 0.584. The van der Waals surface area contributed by atoms with Gasteiger partial charge in [-0.05, 0) is 45.7 Å². The highest BCUT2D eigenvalue weighted by atomic mass is 16.6. The maximum absolute atomic E-state index is 12.0. The van der Waals surface area contributed by atoms with Crippen LogP contribution in [-0.4, -0.2) is 30.7 Å². The van der Waals surface area contributed by atoms with Gasteiger partial charge in [0.1, 0.15) is 5.60 Å². The first kappa shape index (κ1) is 18.6. The lowest BCUT2D eigenvalue weighted by atomic mass is 10.1. The van der Waals surface area contributed by atoms with Crippen molar-refractivity contribution in [1.29, 1.82) is 0 Å². The molecule has 0 fully saturated rings. The Morgan fingerprint density at radius 3 is 2.35 bits per heavy atom. The van der Waals surface area contributed by atoms with Gasteiger partial charge in [-0.1, -0.05) is 18.1 Å². The zero-order valence-electron chi connectivity index (χ0n) is 13.9. The first-order valence-corrected chi connectivity index (χ1v) is 7.64. The third-order valence-corrected chi connectivity index (χ3v) is 2.88. The number of ether oxygens (including phenoxy) is 1. The molecule has 0 heterocycles. The van der Waals surface area contributed by atoms with Crippen molar-refractivity contribution in [3.05, 3.63) is 35.4 Å². The van der Waals surface area contributed by atoms with Crippen LogP contribution in [0.25, 0.3) is 0 Å². The monoisotopic (exact) mass is 316 g/mol. The molecule has 2 amide bonds. The van der Waals surface area contributed by atoms with Crippen LogP contribution in [0.2, 0.25) is 0 Å².